The van der Waals surface area contributed by atoms with Gasteiger partial charge >= 0.3 is 0 Å². The lowest BCUT2D eigenvalue weighted by Gasteiger charge is -2.23. The van der Waals surface area contributed by atoms with E-state index in [1.165, 1.54) is 23.2 Å². The molecule has 4 aromatic rings. The molecule has 0 saturated heterocycles. The summed E-state index contributed by atoms with van der Waals surface area (Å²) in [5.74, 6) is -1.01. The van der Waals surface area contributed by atoms with E-state index in [1.54, 1.807) is 36.4 Å². The maximum absolute atomic E-state index is 13.8. The fourth-order valence-corrected chi connectivity index (χ4v) is 6.69. The zero-order valence-electron chi connectivity index (χ0n) is 19.5. The molecule has 0 saturated carbocycles. The van der Waals surface area contributed by atoms with Crippen LogP contribution in [0.15, 0.2) is 64.6 Å². The molecule has 37 heavy (non-hydrogen) atoms. The summed E-state index contributed by atoms with van der Waals surface area (Å²) in [6, 6.07) is 13.3. The number of ketones is 1. The summed E-state index contributed by atoms with van der Waals surface area (Å²) in [4.78, 5) is 32.9. The van der Waals surface area contributed by atoms with Gasteiger partial charge < -0.3 is 5.11 Å². The second kappa shape index (κ2) is 7.34. The number of aliphatic hydroxyl groups is 1. The minimum absolute atomic E-state index is 0.00934. The van der Waals surface area contributed by atoms with Crippen molar-refractivity contribution in [1.29, 1.82) is 0 Å². The van der Waals surface area contributed by atoms with E-state index >= 15 is 0 Å². The molecule has 1 unspecified atom stereocenters. The van der Waals surface area contributed by atoms with Gasteiger partial charge in [-0.05, 0) is 37.1 Å². The van der Waals surface area contributed by atoms with Crippen LogP contribution in [-0.4, -0.2) is 51.6 Å². The van der Waals surface area contributed by atoms with Crippen LogP contribution in [0.1, 0.15) is 50.1 Å². The van der Waals surface area contributed by atoms with E-state index in [1.807, 2.05) is 6.92 Å². The average molecular weight is 514 g/mol. The number of aryl methyl sites for hydroxylation is 1. The van der Waals surface area contributed by atoms with E-state index < -0.39 is 27.8 Å². The quantitative estimate of drug-likeness (QED) is 0.380. The minimum atomic E-state index is -4.07. The zero-order valence-corrected chi connectivity index (χ0v) is 20.3. The van der Waals surface area contributed by atoms with Crippen LogP contribution in [0.25, 0.3) is 0 Å². The highest BCUT2D eigenvalue weighted by Gasteiger charge is 2.45. The van der Waals surface area contributed by atoms with Crippen molar-refractivity contribution in [3.05, 3.63) is 93.9 Å². The molecule has 2 aliphatic heterocycles. The number of aromatic nitrogens is 3. The summed E-state index contributed by atoms with van der Waals surface area (Å²) in [7, 11) is -4.07. The van der Waals surface area contributed by atoms with E-state index in [-0.39, 0.29) is 22.1 Å². The fraction of sp³-hybridized carbons (Fsp3) is 0.154. The monoisotopic (exact) mass is 513 g/mol. The molecule has 1 aliphatic carbocycles. The number of benzene rings is 2. The van der Waals surface area contributed by atoms with Gasteiger partial charge in [0.25, 0.3) is 15.9 Å². The Hall–Kier alpha value is -4.35. The first-order valence-electron chi connectivity index (χ1n) is 11.6. The summed E-state index contributed by atoms with van der Waals surface area (Å²) < 4.78 is 28.3. The number of hydrogen-bond donors (Lipinski definition) is 2. The van der Waals surface area contributed by atoms with Crippen LogP contribution in [0.2, 0.25) is 0 Å². The van der Waals surface area contributed by atoms with Crippen molar-refractivity contribution in [2.45, 2.75) is 24.3 Å². The van der Waals surface area contributed by atoms with Crippen molar-refractivity contribution in [2.75, 3.05) is 11.4 Å². The van der Waals surface area contributed by atoms with Gasteiger partial charge in [0.1, 0.15) is 11.4 Å². The van der Waals surface area contributed by atoms with Gasteiger partial charge in [0, 0.05) is 23.9 Å². The van der Waals surface area contributed by atoms with Gasteiger partial charge in [0.05, 0.1) is 21.9 Å². The Morgan fingerprint density at radius 1 is 1.05 bits per heavy atom. The topological polar surface area (TPSA) is 138 Å². The number of aliphatic hydroxyl groups excluding tert-OH is 1. The molecule has 0 bridgehead atoms. The number of anilines is 2. The summed E-state index contributed by atoms with van der Waals surface area (Å²) in [6.45, 7) is 2.24. The number of rotatable bonds is 3. The normalized spacial score (nSPS) is 17.9. The molecule has 3 aliphatic rings. The molecule has 2 N–H and O–H groups in total. The smallest absolute Gasteiger partial charge is 0.268 e. The lowest BCUT2D eigenvalue weighted by Crippen LogP contribution is -2.30. The Kier molecular flexibility index (Phi) is 4.34. The predicted molar refractivity (Wildman–Crippen MR) is 133 cm³/mol. The van der Waals surface area contributed by atoms with Gasteiger partial charge in [-0.15, -0.1) is 0 Å². The summed E-state index contributed by atoms with van der Waals surface area (Å²) in [5.41, 5.74) is 3.68. The molecule has 184 valence electrons. The minimum Gasteiger partial charge on any atom is -0.378 e. The van der Waals surface area contributed by atoms with Crippen molar-refractivity contribution in [1.82, 2.24) is 14.2 Å². The molecular formula is C26H19N5O5S. The summed E-state index contributed by atoms with van der Waals surface area (Å²) >= 11 is 0. The van der Waals surface area contributed by atoms with E-state index in [0.29, 0.717) is 46.6 Å². The van der Waals surface area contributed by atoms with Crippen LogP contribution >= 0.6 is 0 Å². The number of carbonyl (C=O) groups is 2. The van der Waals surface area contributed by atoms with Gasteiger partial charge in [-0.3, -0.25) is 24.6 Å². The van der Waals surface area contributed by atoms with Gasteiger partial charge in [-0.1, -0.05) is 35.9 Å². The van der Waals surface area contributed by atoms with Gasteiger partial charge in [-0.2, -0.15) is 5.10 Å². The van der Waals surface area contributed by atoms with E-state index in [2.05, 4.69) is 15.2 Å². The van der Waals surface area contributed by atoms with Crippen molar-refractivity contribution < 1.29 is 23.1 Å². The van der Waals surface area contributed by atoms with Gasteiger partial charge in [-0.25, -0.2) is 12.4 Å². The lowest BCUT2D eigenvalue weighted by atomic mass is 9.87. The lowest BCUT2D eigenvalue weighted by molar-refractivity contribution is -0.125. The Morgan fingerprint density at radius 2 is 1.81 bits per heavy atom. The molecule has 0 spiro atoms. The molecule has 2 aromatic heterocycles. The standard InChI is InChI=1S/C26H19N5O5S/c1-13-6-8-15(9-7-13)37(35,36)30-12-14-10-11-27-20-18(14)22(30)24(33)21-19(20)25(29-28-21)31-17-5-3-2-4-16(17)23(32)26(31)34/h2-9,12,23,32H,10-11H2,1H3,(H,28,29). The SMILES string of the molecule is Cc1ccc(S(=O)(=O)n2cc3c4c2C(=O)c2[nH]nc(N5C(=O)C(O)c6ccccc65)c2C4=NCC3)cc1. The molecule has 11 heteroatoms. The van der Waals surface area contributed by atoms with Crippen LogP contribution in [0.4, 0.5) is 11.5 Å². The number of fused-ring (bicyclic) bond motifs is 3. The zero-order chi connectivity index (χ0) is 25.6. The van der Waals surface area contributed by atoms with Crippen LogP contribution in [0, 0.1) is 6.92 Å². The van der Waals surface area contributed by atoms with Crippen LogP contribution in [0.3, 0.4) is 0 Å². The third kappa shape index (κ3) is 2.80. The third-order valence-electron chi connectivity index (χ3n) is 7.08. The maximum Gasteiger partial charge on any atom is 0.268 e. The Balaban J connectivity index is 1.43. The van der Waals surface area contributed by atoms with Crippen LogP contribution in [0.5, 0.6) is 0 Å². The second-order valence-electron chi connectivity index (χ2n) is 9.23. The molecule has 10 nitrogen and oxygen atoms in total. The van der Waals surface area contributed by atoms with Crippen molar-refractivity contribution >= 4 is 38.9 Å². The Bertz CT molecular complexity index is 1810. The number of amides is 1. The number of H-pyrrole nitrogens is 1. The number of aliphatic imine (C=N–C) groups is 1. The first kappa shape index (κ1) is 21.9. The first-order valence-corrected chi connectivity index (χ1v) is 13.1. The van der Waals surface area contributed by atoms with Crippen LogP contribution < -0.4 is 4.90 Å². The summed E-state index contributed by atoms with van der Waals surface area (Å²) in [6.07, 6.45) is 0.594. The Labute approximate surface area is 210 Å². The largest absolute Gasteiger partial charge is 0.378 e. The number of para-hydroxylation sites is 1. The molecular weight excluding hydrogens is 494 g/mol. The highest BCUT2D eigenvalue weighted by Crippen LogP contribution is 2.44. The second-order valence-corrected chi connectivity index (χ2v) is 11.0. The van der Waals surface area contributed by atoms with Crippen molar-refractivity contribution in [2.24, 2.45) is 4.99 Å². The van der Waals surface area contributed by atoms with E-state index in [9.17, 15) is 23.1 Å². The highest BCUT2D eigenvalue weighted by molar-refractivity contribution is 7.90. The Morgan fingerprint density at radius 3 is 2.59 bits per heavy atom. The molecule has 2 aromatic carbocycles. The average Bonchev–Trinajstić information content (AvgIpc) is 3.57. The number of carbonyl (C=O) groups excluding carboxylic acids is 2. The van der Waals surface area contributed by atoms with Crippen LogP contribution in [-0.2, 0) is 21.2 Å². The molecule has 0 radical (unpaired) electrons. The number of hydrogen-bond acceptors (Lipinski definition) is 7. The number of nitrogens with zero attached hydrogens (tertiary/aromatic N) is 4. The van der Waals surface area contributed by atoms with Crippen molar-refractivity contribution in [3.63, 3.8) is 0 Å². The first-order chi connectivity index (χ1) is 17.8. The van der Waals surface area contributed by atoms with Crippen molar-refractivity contribution in [3.8, 4) is 0 Å². The van der Waals surface area contributed by atoms with Gasteiger partial charge in [0.2, 0.25) is 5.78 Å². The number of aromatic amines is 1. The maximum atomic E-state index is 13.8. The molecule has 4 heterocycles. The fourth-order valence-electron chi connectivity index (χ4n) is 5.30. The highest BCUT2D eigenvalue weighted by atomic mass is 32.2. The summed E-state index contributed by atoms with van der Waals surface area (Å²) in [5, 5.41) is 17.5. The molecule has 7 rings (SSSR count). The number of nitrogens with one attached hydrogen (secondary N) is 1. The molecule has 1 atom stereocenters. The van der Waals surface area contributed by atoms with Gasteiger partial charge in [0.15, 0.2) is 11.9 Å². The van der Waals surface area contributed by atoms with E-state index in [4.69, 9.17) is 0 Å². The molecule has 0 fully saturated rings. The predicted octanol–water partition coefficient (Wildman–Crippen LogP) is 2.41. The third-order valence-corrected chi connectivity index (χ3v) is 8.76. The van der Waals surface area contributed by atoms with E-state index in [0.717, 1.165) is 9.54 Å². The molecule has 1 amide bonds.